The topological polar surface area (TPSA) is 58.6 Å². The fraction of sp³-hybridized carbons (Fsp3) is 0.321. The zero-order valence-electron chi connectivity index (χ0n) is 19.9. The molecule has 0 bridgehead atoms. The van der Waals surface area contributed by atoms with Gasteiger partial charge >= 0.3 is 5.97 Å². The average molecular weight is 486 g/mol. The van der Waals surface area contributed by atoms with E-state index < -0.39 is 23.4 Å². The van der Waals surface area contributed by atoms with Crippen molar-refractivity contribution in [3.8, 4) is 5.75 Å². The van der Waals surface area contributed by atoms with Gasteiger partial charge in [-0.15, -0.1) is 0 Å². The van der Waals surface area contributed by atoms with Crippen molar-refractivity contribution in [1.82, 2.24) is 5.32 Å². The van der Waals surface area contributed by atoms with Crippen LogP contribution >= 0.6 is 0 Å². The summed E-state index contributed by atoms with van der Waals surface area (Å²) in [6.45, 7) is 4.88. The van der Waals surface area contributed by atoms with Crippen molar-refractivity contribution < 1.29 is 27.8 Å². The van der Waals surface area contributed by atoms with Crippen LogP contribution in [0.25, 0.3) is 0 Å². The third kappa shape index (κ3) is 7.59. The van der Waals surface area contributed by atoms with Gasteiger partial charge in [0.05, 0.1) is 13.0 Å². The molecule has 0 fully saturated rings. The van der Waals surface area contributed by atoms with Crippen LogP contribution in [0.3, 0.4) is 0 Å². The van der Waals surface area contributed by atoms with E-state index in [1.165, 1.54) is 18.2 Å². The van der Waals surface area contributed by atoms with Gasteiger partial charge in [-0.05, 0) is 72.7 Å². The standard InChI is InChI=1S/C28H30F3NO3/c1-18-5-7-21(14-19(18)2)23(24-9-8-22(29)16-25(24)30)4-3-13-35-27-10-6-20(15-26(27)31)17-32-12-11-28(33)34/h5-10,14-16,23,32H,3-4,11-13,17H2,1-2H3,(H,33,34). The van der Waals surface area contributed by atoms with Crippen LogP contribution in [0.1, 0.15) is 53.0 Å². The summed E-state index contributed by atoms with van der Waals surface area (Å²) in [5.41, 5.74) is 4.25. The summed E-state index contributed by atoms with van der Waals surface area (Å²) in [7, 11) is 0. The molecule has 35 heavy (non-hydrogen) atoms. The Bertz CT molecular complexity index is 1170. The second-order valence-electron chi connectivity index (χ2n) is 8.64. The van der Waals surface area contributed by atoms with Crippen LogP contribution in [0.4, 0.5) is 13.2 Å². The molecule has 3 aromatic rings. The Hall–Kier alpha value is -3.32. The smallest absolute Gasteiger partial charge is 0.304 e. The molecule has 1 atom stereocenters. The van der Waals surface area contributed by atoms with Crippen LogP contribution in [0.5, 0.6) is 5.75 Å². The Kier molecular flexibility index (Phi) is 9.32. The molecule has 186 valence electrons. The van der Waals surface area contributed by atoms with E-state index in [0.29, 0.717) is 37.1 Å². The largest absolute Gasteiger partial charge is 0.491 e. The number of aryl methyl sites for hydroxylation is 2. The first kappa shape index (κ1) is 26.3. The minimum atomic E-state index is -0.894. The predicted octanol–water partition coefficient (Wildman–Crippen LogP) is 6.28. The molecule has 0 aliphatic carbocycles. The van der Waals surface area contributed by atoms with Gasteiger partial charge in [0.25, 0.3) is 0 Å². The lowest BCUT2D eigenvalue weighted by Crippen LogP contribution is -2.17. The minimum Gasteiger partial charge on any atom is -0.491 e. The first-order valence-electron chi connectivity index (χ1n) is 11.6. The third-order valence-electron chi connectivity index (χ3n) is 6.01. The van der Waals surface area contributed by atoms with E-state index in [9.17, 15) is 18.0 Å². The third-order valence-corrected chi connectivity index (χ3v) is 6.01. The molecule has 0 saturated heterocycles. The van der Waals surface area contributed by atoms with E-state index in [1.54, 1.807) is 12.1 Å². The summed E-state index contributed by atoms with van der Waals surface area (Å²) in [5.74, 6) is -2.78. The average Bonchev–Trinajstić information content (AvgIpc) is 2.80. The number of hydrogen-bond acceptors (Lipinski definition) is 3. The number of hydrogen-bond donors (Lipinski definition) is 2. The Balaban J connectivity index is 1.62. The van der Waals surface area contributed by atoms with Gasteiger partial charge < -0.3 is 15.2 Å². The first-order chi connectivity index (χ1) is 16.7. The van der Waals surface area contributed by atoms with E-state index in [-0.39, 0.29) is 24.7 Å². The summed E-state index contributed by atoms with van der Waals surface area (Å²) in [6.07, 6.45) is 1.07. The highest BCUT2D eigenvalue weighted by molar-refractivity contribution is 5.66. The molecule has 0 saturated carbocycles. The molecule has 0 amide bonds. The fourth-order valence-electron chi connectivity index (χ4n) is 3.94. The number of ether oxygens (including phenoxy) is 1. The number of rotatable bonds is 12. The molecule has 0 radical (unpaired) electrons. The van der Waals surface area contributed by atoms with Crippen LogP contribution in [-0.4, -0.2) is 24.2 Å². The Labute approximate surface area is 203 Å². The molecule has 7 heteroatoms. The summed E-state index contributed by atoms with van der Waals surface area (Å²) in [5, 5.41) is 11.6. The molecule has 0 aliphatic heterocycles. The molecule has 0 spiro atoms. The van der Waals surface area contributed by atoms with Gasteiger partial charge in [0.2, 0.25) is 0 Å². The summed E-state index contributed by atoms with van der Waals surface area (Å²) < 4.78 is 48.2. The van der Waals surface area contributed by atoms with Gasteiger partial charge in [-0.3, -0.25) is 4.79 Å². The van der Waals surface area contributed by atoms with Gasteiger partial charge in [-0.2, -0.15) is 0 Å². The van der Waals surface area contributed by atoms with Crippen molar-refractivity contribution in [3.05, 3.63) is 99.9 Å². The molecule has 3 aromatic carbocycles. The molecule has 0 aromatic heterocycles. The molecule has 0 aliphatic rings. The van der Waals surface area contributed by atoms with E-state index >= 15 is 0 Å². The monoisotopic (exact) mass is 485 g/mol. The van der Waals surface area contributed by atoms with Crippen LogP contribution in [0.15, 0.2) is 54.6 Å². The number of nitrogens with one attached hydrogen (secondary N) is 1. The van der Waals surface area contributed by atoms with Crippen LogP contribution in [0.2, 0.25) is 0 Å². The lowest BCUT2D eigenvalue weighted by Gasteiger charge is -2.20. The van der Waals surface area contributed by atoms with Gasteiger partial charge in [0, 0.05) is 25.1 Å². The van der Waals surface area contributed by atoms with Gasteiger partial charge in [-0.1, -0.05) is 30.3 Å². The normalized spacial score (nSPS) is 11.9. The van der Waals surface area contributed by atoms with Crippen molar-refractivity contribution in [1.29, 1.82) is 0 Å². The van der Waals surface area contributed by atoms with Crippen LogP contribution in [0, 0.1) is 31.3 Å². The highest BCUT2D eigenvalue weighted by Crippen LogP contribution is 2.32. The van der Waals surface area contributed by atoms with Crippen molar-refractivity contribution >= 4 is 5.97 Å². The highest BCUT2D eigenvalue weighted by Gasteiger charge is 2.19. The summed E-state index contributed by atoms with van der Waals surface area (Å²) in [6, 6.07) is 14.2. The maximum Gasteiger partial charge on any atom is 0.304 e. The molecule has 3 rings (SSSR count). The molecular formula is C28H30F3NO3. The second-order valence-corrected chi connectivity index (χ2v) is 8.64. The summed E-state index contributed by atoms with van der Waals surface area (Å²) >= 11 is 0. The molecule has 1 unspecified atom stereocenters. The maximum absolute atomic E-state index is 14.6. The van der Waals surface area contributed by atoms with E-state index in [1.807, 2.05) is 32.0 Å². The lowest BCUT2D eigenvalue weighted by atomic mass is 9.86. The number of benzene rings is 3. The highest BCUT2D eigenvalue weighted by atomic mass is 19.1. The van der Waals surface area contributed by atoms with Crippen LogP contribution in [-0.2, 0) is 11.3 Å². The zero-order valence-corrected chi connectivity index (χ0v) is 19.9. The number of carbonyl (C=O) groups is 1. The van der Waals surface area contributed by atoms with Crippen molar-refractivity contribution in [2.75, 3.05) is 13.2 Å². The molecular weight excluding hydrogens is 455 g/mol. The van der Waals surface area contributed by atoms with Crippen molar-refractivity contribution in [2.45, 2.75) is 45.6 Å². The van der Waals surface area contributed by atoms with E-state index in [0.717, 1.165) is 22.8 Å². The van der Waals surface area contributed by atoms with Crippen molar-refractivity contribution in [2.24, 2.45) is 0 Å². The Morgan fingerprint density at radius 3 is 2.46 bits per heavy atom. The number of carboxylic acids is 1. The lowest BCUT2D eigenvalue weighted by molar-refractivity contribution is -0.136. The zero-order chi connectivity index (χ0) is 25.4. The van der Waals surface area contributed by atoms with E-state index in [4.69, 9.17) is 9.84 Å². The predicted molar refractivity (Wildman–Crippen MR) is 129 cm³/mol. The Morgan fingerprint density at radius 2 is 1.77 bits per heavy atom. The maximum atomic E-state index is 14.6. The number of aliphatic carboxylic acids is 1. The second kappa shape index (κ2) is 12.4. The molecule has 2 N–H and O–H groups in total. The first-order valence-corrected chi connectivity index (χ1v) is 11.6. The molecule has 0 heterocycles. The van der Waals surface area contributed by atoms with Gasteiger partial charge in [0.1, 0.15) is 11.6 Å². The van der Waals surface area contributed by atoms with Gasteiger partial charge in [-0.25, -0.2) is 13.2 Å². The SMILES string of the molecule is Cc1ccc(C(CCCOc2ccc(CNCCC(=O)O)cc2F)c2ccc(F)cc2F)cc1C. The van der Waals surface area contributed by atoms with Crippen LogP contribution < -0.4 is 10.1 Å². The quantitative estimate of drug-likeness (QED) is 0.297. The minimum absolute atomic E-state index is 0.00531. The number of halogens is 3. The Morgan fingerprint density at radius 1 is 0.971 bits per heavy atom. The van der Waals surface area contributed by atoms with Gasteiger partial charge in [0.15, 0.2) is 11.6 Å². The summed E-state index contributed by atoms with van der Waals surface area (Å²) in [4.78, 5) is 10.5. The van der Waals surface area contributed by atoms with Crippen molar-refractivity contribution in [3.63, 3.8) is 0 Å². The fourth-order valence-corrected chi connectivity index (χ4v) is 3.94. The number of carboxylic acid groups (broad SMARTS) is 1. The van der Waals surface area contributed by atoms with E-state index in [2.05, 4.69) is 5.32 Å². The molecule has 4 nitrogen and oxygen atoms in total.